The van der Waals surface area contributed by atoms with Crippen LogP contribution in [0.2, 0.25) is 5.02 Å². The summed E-state index contributed by atoms with van der Waals surface area (Å²) in [5.41, 5.74) is 3.77. The van der Waals surface area contributed by atoms with E-state index in [1.54, 1.807) is 0 Å². The molecule has 0 amide bonds. The van der Waals surface area contributed by atoms with Crippen LogP contribution in [-0.2, 0) is 32.2 Å². The zero-order chi connectivity index (χ0) is 25.5. The second-order valence-corrected chi connectivity index (χ2v) is 9.17. The van der Waals surface area contributed by atoms with E-state index in [2.05, 4.69) is 6.58 Å². The van der Waals surface area contributed by atoms with Crippen LogP contribution in [0.1, 0.15) is 41.3 Å². The van der Waals surface area contributed by atoms with Crippen LogP contribution in [0.15, 0.2) is 108 Å². The highest BCUT2D eigenvalue weighted by molar-refractivity contribution is 6.30. The van der Waals surface area contributed by atoms with Crippen molar-refractivity contribution in [3.63, 3.8) is 0 Å². The summed E-state index contributed by atoms with van der Waals surface area (Å²) in [6.07, 6.45) is 0.495. The lowest BCUT2D eigenvalue weighted by Crippen LogP contribution is -2.35. The van der Waals surface area contributed by atoms with Gasteiger partial charge in [0, 0.05) is 10.6 Å². The number of benzene rings is 3. The van der Waals surface area contributed by atoms with Crippen molar-refractivity contribution in [2.75, 3.05) is 6.61 Å². The van der Waals surface area contributed by atoms with E-state index in [4.69, 9.17) is 35.0 Å². The van der Waals surface area contributed by atoms with Crippen LogP contribution < -0.4 is 0 Å². The molecule has 0 saturated heterocycles. The molecule has 1 aliphatic heterocycles. The Bertz CT molecular complexity index is 1270. The highest BCUT2D eigenvalue weighted by Crippen LogP contribution is 2.44. The fourth-order valence-corrected chi connectivity index (χ4v) is 4.27. The van der Waals surface area contributed by atoms with Gasteiger partial charge < -0.3 is 23.4 Å². The molecule has 0 bridgehead atoms. The minimum Gasteiger partial charge on any atom is -0.458 e. The van der Waals surface area contributed by atoms with Crippen LogP contribution in [0.3, 0.4) is 0 Å². The molecule has 0 spiro atoms. The highest BCUT2D eigenvalue weighted by atomic mass is 35.5. The molecule has 190 valence electrons. The van der Waals surface area contributed by atoms with Crippen molar-refractivity contribution in [2.24, 2.45) is 0 Å². The number of fused-ring (bicyclic) bond motifs is 1. The van der Waals surface area contributed by atoms with Crippen LogP contribution in [0.25, 0.3) is 11.3 Å². The first-order chi connectivity index (χ1) is 18.2. The maximum absolute atomic E-state index is 6.43. The predicted octanol–water partition coefficient (Wildman–Crippen LogP) is 8.02. The van der Waals surface area contributed by atoms with Crippen LogP contribution in [0.4, 0.5) is 0 Å². The molecule has 0 unspecified atom stereocenters. The van der Waals surface area contributed by atoms with Crippen molar-refractivity contribution in [1.29, 1.82) is 0 Å². The van der Waals surface area contributed by atoms with Crippen molar-refractivity contribution in [1.82, 2.24) is 0 Å². The first-order valence-electron chi connectivity index (χ1n) is 12.3. The molecule has 0 radical (unpaired) electrons. The Morgan fingerprint density at radius 1 is 0.811 bits per heavy atom. The van der Waals surface area contributed by atoms with Gasteiger partial charge in [0.2, 0.25) is 0 Å². The van der Waals surface area contributed by atoms with Crippen LogP contribution >= 0.6 is 11.6 Å². The molecule has 2 heterocycles. The van der Waals surface area contributed by atoms with Gasteiger partial charge in [-0.2, -0.15) is 0 Å². The minimum atomic E-state index is -0.754. The quantitative estimate of drug-likeness (QED) is 0.149. The van der Waals surface area contributed by atoms with E-state index in [9.17, 15) is 0 Å². The van der Waals surface area contributed by atoms with Crippen molar-refractivity contribution < 1.29 is 23.4 Å². The molecule has 0 aliphatic carbocycles. The lowest BCUT2D eigenvalue weighted by atomic mass is 10.1. The number of furan rings is 1. The van der Waals surface area contributed by atoms with Gasteiger partial charge in [-0.3, -0.25) is 0 Å². The molecule has 0 N–H and O–H groups in total. The van der Waals surface area contributed by atoms with Crippen LogP contribution in [0, 0.1) is 0 Å². The summed E-state index contributed by atoms with van der Waals surface area (Å²) in [5.74, 6) is 1.36. The maximum atomic E-state index is 6.43. The largest absolute Gasteiger partial charge is 0.458 e. The summed E-state index contributed by atoms with van der Waals surface area (Å²) in [6.45, 7) is 4.93. The van der Waals surface area contributed by atoms with E-state index in [1.165, 1.54) is 0 Å². The second-order valence-electron chi connectivity index (χ2n) is 8.74. The molecule has 3 aromatic carbocycles. The Labute approximate surface area is 222 Å². The van der Waals surface area contributed by atoms with Crippen LogP contribution in [-0.4, -0.2) is 12.9 Å². The lowest BCUT2D eigenvalue weighted by Gasteiger charge is -2.35. The first-order valence-corrected chi connectivity index (χ1v) is 12.7. The molecule has 1 aromatic heterocycles. The minimum absolute atomic E-state index is 0.313. The van der Waals surface area contributed by atoms with Gasteiger partial charge in [0.1, 0.15) is 11.5 Å². The zero-order valence-electron chi connectivity index (χ0n) is 20.4. The summed E-state index contributed by atoms with van der Waals surface area (Å²) in [7, 11) is 0. The number of halogens is 1. The summed E-state index contributed by atoms with van der Waals surface area (Å²) in [6, 6.07) is 29.4. The summed E-state index contributed by atoms with van der Waals surface area (Å²) < 4.78 is 31.6. The zero-order valence-corrected chi connectivity index (χ0v) is 21.2. The van der Waals surface area contributed by atoms with Gasteiger partial charge in [-0.1, -0.05) is 90.5 Å². The average Bonchev–Trinajstić information content (AvgIpc) is 3.39. The summed E-state index contributed by atoms with van der Waals surface area (Å²) >= 11 is 6.05. The molecular formula is C31H29ClO5. The van der Waals surface area contributed by atoms with Gasteiger partial charge in [0.15, 0.2) is 18.7 Å². The van der Waals surface area contributed by atoms with E-state index < -0.39 is 18.7 Å². The molecule has 37 heavy (non-hydrogen) atoms. The lowest BCUT2D eigenvalue weighted by molar-refractivity contribution is -0.303. The number of rotatable bonds is 11. The highest BCUT2D eigenvalue weighted by Gasteiger charge is 2.41. The smallest absolute Gasteiger partial charge is 0.194 e. The van der Waals surface area contributed by atoms with Crippen molar-refractivity contribution in [3.05, 3.63) is 131 Å². The number of hydrogen-bond acceptors (Lipinski definition) is 5. The van der Waals surface area contributed by atoms with Gasteiger partial charge in [0.05, 0.1) is 25.4 Å². The molecule has 0 saturated carbocycles. The topological polar surface area (TPSA) is 50.1 Å². The Hall–Kier alpha value is -3.19. The Morgan fingerprint density at radius 3 is 2.22 bits per heavy atom. The fourth-order valence-electron chi connectivity index (χ4n) is 4.15. The summed E-state index contributed by atoms with van der Waals surface area (Å²) in [4.78, 5) is 0. The maximum Gasteiger partial charge on any atom is 0.194 e. The van der Waals surface area contributed by atoms with E-state index in [1.807, 2.05) is 97.1 Å². The molecular weight excluding hydrogens is 488 g/mol. The monoisotopic (exact) mass is 516 g/mol. The van der Waals surface area contributed by atoms with Gasteiger partial charge in [-0.25, -0.2) is 0 Å². The van der Waals surface area contributed by atoms with Crippen LogP contribution in [0.5, 0.6) is 0 Å². The van der Waals surface area contributed by atoms with E-state index >= 15 is 0 Å². The predicted molar refractivity (Wildman–Crippen MR) is 143 cm³/mol. The normalized spacial score (nSPS) is 18.9. The number of ether oxygens (including phenoxy) is 4. The average molecular weight is 517 g/mol. The first kappa shape index (κ1) is 25.5. The molecule has 0 fully saturated rings. The Kier molecular flexibility index (Phi) is 8.51. The van der Waals surface area contributed by atoms with Gasteiger partial charge in [-0.05, 0) is 35.7 Å². The van der Waals surface area contributed by atoms with E-state index in [-0.39, 0.29) is 0 Å². The Morgan fingerprint density at radius 2 is 1.49 bits per heavy atom. The molecule has 5 rings (SSSR count). The third-order valence-electron chi connectivity index (χ3n) is 6.06. The van der Waals surface area contributed by atoms with E-state index in [0.717, 1.165) is 28.0 Å². The van der Waals surface area contributed by atoms with Gasteiger partial charge in [-0.15, -0.1) is 6.58 Å². The third-order valence-corrected chi connectivity index (χ3v) is 6.31. The SMILES string of the molecule is C=CCCO[C@H]1O[C@H](OCc2ccc(Cl)cc2)[C@H](OCc2ccccc2)c2oc(-c3ccccc3)cc21. The molecule has 5 nitrogen and oxygen atoms in total. The van der Waals surface area contributed by atoms with Crippen molar-refractivity contribution >= 4 is 11.6 Å². The Balaban J connectivity index is 1.46. The van der Waals surface area contributed by atoms with Gasteiger partial charge >= 0.3 is 0 Å². The second kappa shape index (κ2) is 12.4. The van der Waals surface area contributed by atoms with Crippen molar-refractivity contribution in [3.8, 4) is 11.3 Å². The molecule has 3 atom stereocenters. The van der Waals surface area contributed by atoms with Crippen molar-refractivity contribution in [2.45, 2.75) is 38.3 Å². The standard InChI is InChI=1S/C31H29ClO5/c1-2-3-18-33-30-26-19-27(24-12-8-5-9-13-24)36-28(26)29(34-20-22-10-6-4-7-11-22)31(37-30)35-21-23-14-16-25(32)17-15-23/h2,4-17,19,29-31H,1,3,18,20-21H2/t29-,30+,31+/m1/s1. The van der Waals surface area contributed by atoms with E-state index in [0.29, 0.717) is 37.0 Å². The fraction of sp³-hybridized carbons (Fsp3) is 0.226. The number of hydrogen-bond donors (Lipinski definition) is 0. The molecule has 1 aliphatic rings. The van der Waals surface area contributed by atoms with Gasteiger partial charge in [0.25, 0.3) is 0 Å². The molecule has 4 aromatic rings. The summed E-state index contributed by atoms with van der Waals surface area (Å²) in [5, 5.41) is 0.672. The third kappa shape index (κ3) is 6.39. The molecule has 6 heteroatoms.